The van der Waals surface area contributed by atoms with E-state index in [0.29, 0.717) is 5.76 Å². The molecule has 2 aromatic rings. The van der Waals surface area contributed by atoms with Gasteiger partial charge >= 0.3 is 6.18 Å². The van der Waals surface area contributed by atoms with E-state index in [4.69, 9.17) is 4.52 Å². The van der Waals surface area contributed by atoms with Crippen molar-refractivity contribution in [2.75, 3.05) is 5.32 Å². The van der Waals surface area contributed by atoms with Crippen molar-refractivity contribution in [1.82, 2.24) is 14.9 Å². The van der Waals surface area contributed by atoms with E-state index in [0.717, 1.165) is 4.68 Å². The second kappa shape index (κ2) is 5.75. The van der Waals surface area contributed by atoms with Gasteiger partial charge in [0.05, 0.1) is 10.2 Å². The number of carbonyl (C=O) groups excluding carboxylic acids is 1. The van der Waals surface area contributed by atoms with Crippen LogP contribution in [-0.4, -0.2) is 20.8 Å². The molecule has 0 aliphatic heterocycles. The molecule has 0 aliphatic rings. The monoisotopic (exact) mass is 380 g/mol. The van der Waals surface area contributed by atoms with Crippen LogP contribution in [0.5, 0.6) is 0 Å². The molecule has 10 heteroatoms. The van der Waals surface area contributed by atoms with Crippen molar-refractivity contribution < 1.29 is 22.5 Å². The Hall–Kier alpha value is -1.84. The summed E-state index contributed by atoms with van der Waals surface area (Å²) in [5.41, 5.74) is -0.867. The molecule has 0 unspecified atom stereocenters. The largest absolute Gasteiger partial charge is 0.436 e. The van der Waals surface area contributed by atoms with Crippen LogP contribution in [0.15, 0.2) is 15.1 Å². The summed E-state index contributed by atoms with van der Waals surface area (Å²) in [6.45, 7) is 4.53. The first-order chi connectivity index (χ1) is 10.1. The molecule has 6 nitrogen and oxygen atoms in total. The summed E-state index contributed by atoms with van der Waals surface area (Å²) < 4.78 is 44.1. The molecule has 0 aliphatic carbocycles. The Kier molecular flexibility index (Phi) is 4.32. The summed E-state index contributed by atoms with van der Waals surface area (Å²) in [6, 6.07) is 0.543. The molecule has 2 rings (SSSR count). The number of hydrogen-bond acceptors (Lipinski definition) is 4. The van der Waals surface area contributed by atoms with Crippen molar-refractivity contribution in [3.05, 3.63) is 27.7 Å². The topological polar surface area (TPSA) is 73.0 Å². The van der Waals surface area contributed by atoms with E-state index in [1.807, 2.05) is 0 Å². The van der Waals surface area contributed by atoms with Crippen molar-refractivity contribution in [2.24, 2.45) is 0 Å². The molecule has 0 bridgehead atoms. The second-order valence-electron chi connectivity index (χ2n) is 4.68. The maximum atomic E-state index is 12.8. The van der Waals surface area contributed by atoms with Crippen LogP contribution in [0.1, 0.15) is 30.1 Å². The maximum Gasteiger partial charge on any atom is 0.436 e. The summed E-state index contributed by atoms with van der Waals surface area (Å²) >= 11 is 2.86. The van der Waals surface area contributed by atoms with Crippen molar-refractivity contribution in [3.63, 3.8) is 0 Å². The smallest absolute Gasteiger partial charge is 0.360 e. The van der Waals surface area contributed by atoms with Gasteiger partial charge in [0.1, 0.15) is 11.8 Å². The zero-order valence-corrected chi connectivity index (χ0v) is 13.4. The Morgan fingerprint density at radius 2 is 2.09 bits per heavy atom. The number of alkyl halides is 3. The van der Waals surface area contributed by atoms with E-state index >= 15 is 0 Å². The first-order valence-corrected chi connectivity index (χ1v) is 6.96. The number of carbonyl (C=O) groups is 1. The fraction of sp³-hybridized carbons (Fsp3) is 0.417. The van der Waals surface area contributed by atoms with Gasteiger partial charge in [-0.05, 0) is 36.7 Å². The fourth-order valence-electron chi connectivity index (χ4n) is 1.82. The highest BCUT2D eigenvalue weighted by atomic mass is 79.9. The minimum Gasteiger partial charge on any atom is -0.360 e. The first kappa shape index (κ1) is 16.5. The van der Waals surface area contributed by atoms with E-state index in [9.17, 15) is 18.0 Å². The number of anilines is 1. The highest BCUT2D eigenvalue weighted by Gasteiger charge is 2.39. The number of halogens is 4. The van der Waals surface area contributed by atoms with Crippen LogP contribution < -0.4 is 5.32 Å². The van der Waals surface area contributed by atoms with Gasteiger partial charge in [-0.3, -0.25) is 9.48 Å². The van der Waals surface area contributed by atoms with E-state index < -0.39 is 23.8 Å². The third-order valence-corrected chi connectivity index (χ3v) is 3.92. The number of aryl methyl sites for hydroxylation is 1. The van der Waals surface area contributed by atoms with Gasteiger partial charge in [-0.1, -0.05) is 5.16 Å². The Labute approximate surface area is 131 Å². The average molecular weight is 381 g/mol. The van der Waals surface area contributed by atoms with Crippen LogP contribution in [0.2, 0.25) is 0 Å². The molecule has 0 fully saturated rings. The minimum atomic E-state index is -4.60. The quantitative estimate of drug-likeness (QED) is 0.884. The third-order valence-electron chi connectivity index (χ3n) is 2.97. The maximum absolute atomic E-state index is 12.8. The van der Waals surface area contributed by atoms with Gasteiger partial charge in [0.25, 0.3) is 0 Å². The Balaban J connectivity index is 2.25. The SMILES string of the molecule is Cc1cc(NC(=O)[C@H](C)n2nc(C(F)(F)F)c(Br)c2C)no1. The second-order valence-corrected chi connectivity index (χ2v) is 5.47. The van der Waals surface area contributed by atoms with Crippen molar-refractivity contribution in [1.29, 1.82) is 0 Å². The van der Waals surface area contributed by atoms with Crippen LogP contribution in [-0.2, 0) is 11.0 Å². The van der Waals surface area contributed by atoms with Gasteiger partial charge in [-0.2, -0.15) is 18.3 Å². The molecule has 120 valence electrons. The third kappa shape index (κ3) is 3.16. The molecule has 0 aromatic carbocycles. The summed E-state index contributed by atoms with van der Waals surface area (Å²) in [4.78, 5) is 12.1. The number of nitrogens with one attached hydrogen (secondary N) is 1. The lowest BCUT2D eigenvalue weighted by Gasteiger charge is -2.13. The van der Waals surface area contributed by atoms with Crippen molar-refractivity contribution >= 4 is 27.7 Å². The zero-order chi connectivity index (χ0) is 16.7. The van der Waals surface area contributed by atoms with Gasteiger partial charge in [0.2, 0.25) is 5.91 Å². The standard InChI is InChI=1S/C12H12BrF3N4O2/c1-5-4-8(19-22-5)17-11(21)7(3)20-6(2)9(13)10(18-20)12(14,15)16/h4,7H,1-3H3,(H,17,19,21)/t7-/m0/s1. The van der Waals surface area contributed by atoms with Crippen LogP contribution in [0.4, 0.5) is 19.0 Å². The average Bonchev–Trinajstić information content (AvgIpc) is 2.93. The van der Waals surface area contributed by atoms with Gasteiger partial charge in [0.15, 0.2) is 11.5 Å². The Morgan fingerprint density at radius 1 is 1.45 bits per heavy atom. The Bertz CT molecular complexity index is 708. The molecular formula is C12H12BrF3N4O2. The van der Waals surface area contributed by atoms with E-state index in [1.54, 1.807) is 6.92 Å². The van der Waals surface area contributed by atoms with Crippen molar-refractivity contribution in [2.45, 2.75) is 33.0 Å². The number of amides is 1. The molecule has 0 saturated carbocycles. The lowest BCUT2D eigenvalue weighted by atomic mass is 10.3. The van der Waals surface area contributed by atoms with Crippen LogP contribution in [0.3, 0.4) is 0 Å². The molecule has 1 amide bonds. The molecule has 0 saturated heterocycles. The van der Waals surface area contributed by atoms with Gasteiger partial charge < -0.3 is 9.84 Å². The zero-order valence-electron chi connectivity index (χ0n) is 11.8. The predicted molar refractivity (Wildman–Crippen MR) is 74.2 cm³/mol. The normalized spacial score (nSPS) is 13.2. The molecule has 2 heterocycles. The number of hydrogen-bond donors (Lipinski definition) is 1. The fourth-order valence-corrected chi connectivity index (χ4v) is 2.31. The molecule has 2 aromatic heterocycles. The van der Waals surface area contributed by atoms with Crippen LogP contribution in [0.25, 0.3) is 0 Å². The number of rotatable bonds is 3. The highest BCUT2D eigenvalue weighted by molar-refractivity contribution is 9.10. The van der Waals surface area contributed by atoms with E-state index in [1.165, 1.54) is 19.9 Å². The molecule has 1 N–H and O–H groups in total. The predicted octanol–water partition coefficient (Wildman–Crippen LogP) is 3.47. The molecule has 22 heavy (non-hydrogen) atoms. The summed E-state index contributed by atoms with van der Waals surface area (Å²) in [5, 5.41) is 9.53. The lowest BCUT2D eigenvalue weighted by molar-refractivity contribution is -0.142. The van der Waals surface area contributed by atoms with Gasteiger partial charge in [-0.15, -0.1) is 0 Å². The molecule has 1 atom stereocenters. The van der Waals surface area contributed by atoms with Crippen LogP contribution >= 0.6 is 15.9 Å². The summed E-state index contributed by atoms with van der Waals surface area (Å²) in [5.74, 6) is 0.134. The number of aromatic nitrogens is 3. The number of nitrogens with zero attached hydrogens (tertiary/aromatic N) is 3. The van der Waals surface area contributed by atoms with Crippen molar-refractivity contribution in [3.8, 4) is 0 Å². The van der Waals surface area contributed by atoms with Gasteiger partial charge in [-0.25, -0.2) is 0 Å². The summed E-state index contributed by atoms with van der Waals surface area (Å²) in [6.07, 6.45) is -4.60. The lowest BCUT2D eigenvalue weighted by Crippen LogP contribution is -2.25. The van der Waals surface area contributed by atoms with Crippen LogP contribution in [0, 0.1) is 13.8 Å². The van der Waals surface area contributed by atoms with Gasteiger partial charge in [0, 0.05) is 6.07 Å². The molecular weight excluding hydrogens is 369 g/mol. The van der Waals surface area contributed by atoms with E-state index in [-0.39, 0.29) is 16.0 Å². The van der Waals surface area contributed by atoms with E-state index in [2.05, 4.69) is 31.5 Å². The first-order valence-electron chi connectivity index (χ1n) is 6.17. The Morgan fingerprint density at radius 3 is 2.55 bits per heavy atom. The molecule has 0 radical (unpaired) electrons. The minimum absolute atomic E-state index is 0.183. The molecule has 0 spiro atoms. The summed E-state index contributed by atoms with van der Waals surface area (Å²) in [7, 11) is 0. The highest BCUT2D eigenvalue weighted by Crippen LogP contribution is 2.36.